The molecule has 4 heterocycles. The molecule has 4 atom stereocenters. The molecule has 0 radical (unpaired) electrons. The van der Waals surface area contributed by atoms with Gasteiger partial charge in [0.05, 0.1) is 36.7 Å². The summed E-state index contributed by atoms with van der Waals surface area (Å²) in [6.45, 7) is 6.63. The monoisotopic (exact) mass is 870 g/mol. The SMILES string of the molecule is COc1ccc(CN2CCCCC/C=C\[C@H]3C[C@@]3(C(=O)NS(=O)(=O)C3(C)CC3)NC(=O)[C@@H]3C[C@@H](Oc4cc(-c5nc(C(C)C)cs5)nc5cc(OC)ccc45)CN3C2=O)cc1. The van der Waals surface area contributed by atoms with Crippen molar-refractivity contribution in [2.24, 2.45) is 5.92 Å². The molecule has 4 aliphatic rings. The van der Waals surface area contributed by atoms with Gasteiger partial charge in [0, 0.05) is 48.3 Å². The van der Waals surface area contributed by atoms with E-state index in [-0.39, 0.29) is 31.3 Å². The van der Waals surface area contributed by atoms with Crippen molar-refractivity contribution < 1.29 is 37.0 Å². The van der Waals surface area contributed by atoms with Crippen molar-refractivity contribution in [3.8, 4) is 28.0 Å². The first-order chi connectivity index (χ1) is 29.2. The molecule has 2 saturated carbocycles. The van der Waals surface area contributed by atoms with E-state index in [0.717, 1.165) is 47.3 Å². The average Bonchev–Trinajstić information content (AvgIpc) is 4.02. The van der Waals surface area contributed by atoms with Crippen LogP contribution in [-0.2, 0) is 26.2 Å². The third-order valence-electron chi connectivity index (χ3n) is 12.5. The van der Waals surface area contributed by atoms with Gasteiger partial charge in [-0.3, -0.25) is 14.3 Å². The maximum absolute atomic E-state index is 14.9. The number of amides is 4. The average molecular weight is 871 g/mol. The summed E-state index contributed by atoms with van der Waals surface area (Å²) in [6.07, 6.45) is 7.76. The minimum absolute atomic E-state index is 0.0787. The zero-order valence-corrected chi connectivity index (χ0v) is 36.9. The van der Waals surface area contributed by atoms with E-state index in [1.165, 1.54) is 11.3 Å². The number of rotatable bonds is 11. The number of methoxy groups -OCH3 is 2. The van der Waals surface area contributed by atoms with Gasteiger partial charge in [0.2, 0.25) is 15.9 Å². The van der Waals surface area contributed by atoms with Crippen LogP contribution < -0.4 is 24.2 Å². The van der Waals surface area contributed by atoms with Gasteiger partial charge in [0.25, 0.3) is 5.91 Å². The first-order valence-electron chi connectivity index (χ1n) is 21.1. The van der Waals surface area contributed by atoms with Gasteiger partial charge in [-0.1, -0.05) is 44.6 Å². The molecule has 1 saturated heterocycles. The van der Waals surface area contributed by atoms with Crippen LogP contribution in [0.3, 0.4) is 0 Å². The van der Waals surface area contributed by atoms with Crippen LogP contribution in [0.2, 0.25) is 0 Å². The van der Waals surface area contributed by atoms with Crippen LogP contribution in [0.5, 0.6) is 17.2 Å². The fraction of sp³-hybridized carbons (Fsp3) is 0.489. The lowest BCUT2D eigenvalue weighted by Crippen LogP contribution is -2.58. The summed E-state index contributed by atoms with van der Waals surface area (Å²) in [5.41, 5.74) is 1.63. The normalized spacial score (nSPS) is 24.5. The minimum atomic E-state index is -3.98. The summed E-state index contributed by atoms with van der Waals surface area (Å²) in [7, 11) is -0.783. The van der Waals surface area contributed by atoms with Crippen LogP contribution in [0.25, 0.3) is 21.6 Å². The topological polar surface area (TPSA) is 169 Å². The molecule has 2 aliphatic carbocycles. The smallest absolute Gasteiger partial charge is 0.321 e. The lowest BCUT2D eigenvalue weighted by molar-refractivity contribution is -0.131. The fourth-order valence-corrected chi connectivity index (χ4v) is 10.4. The van der Waals surface area contributed by atoms with E-state index < -0.39 is 50.2 Å². The number of allylic oxidation sites excluding steroid dienone is 1. The quantitative estimate of drug-likeness (QED) is 0.151. The largest absolute Gasteiger partial charge is 0.497 e. The highest BCUT2D eigenvalue weighted by atomic mass is 32.2. The number of thiazole rings is 1. The van der Waals surface area contributed by atoms with Gasteiger partial charge >= 0.3 is 6.03 Å². The Hall–Kier alpha value is -5.22. The highest BCUT2D eigenvalue weighted by Crippen LogP contribution is 2.48. The second-order valence-electron chi connectivity index (χ2n) is 17.3. The molecule has 2 aliphatic heterocycles. The summed E-state index contributed by atoms with van der Waals surface area (Å²) in [5, 5.41) is 6.47. The minimum Gasteiger partial charge on any atom is -0.497 e. The van der Waals surface area contributed by atoms with Gasteiger partial charge in [0.15, 0.2) is 0 Å². The molecule has 4 amide bonds. The number of benzene rings is 2. The van der Waals surface area contributed by atoms with Crippen molar-refractivity contribution in [1.29, 1.82) is 0 Å². The maximum atomic E-state index is 14.9. The van der Waals surface area contributed by atoms with Gasteiger partial charge in [-0.05, 0) is 81.2 Å². The summed E-state index contributed by atoms with van der Waals surface area (Å²) in [4.78, 5) is 56.8. The van der Waals surface area contributed by atoms with E-state index in [9.17, 15) is 22.8 Å². The molecule has 4 aromatic rings. The number of pyridine rings is 1. The van der Waals surface area contributed by atoms with Gasteiger partial charge < -0.3 is 29.3 Å². The van der Waals surface area contributed by atoms with E-state index in [2.05, 4.69) is 23.9 Å². The van der Waals surface area contributed by atoms with Crippen LogP contribution in [0.1, 0.15) is 89.3 Å². The van der Waals surface area contributed by atoms with Crippen molar-refractivity contribution in [2.75, 3.05) is 27.3 Å². The molecule has 16 heteroatoms. The molecule has 0 bridgehead atoms. The van der Waals surface area contributed by atoms with E-state index >= 15 is 0 Å². The molecule has 14 nitrogen and oxygen atoms in total. The van der Waals surface area contributed by atoms with Crippen LogP contribution in [0.15, 0.2) is 66.1 Å². The van der Waals surface area contributed by atoms with Crippen LogP contribution >= 0.6 is 11.3 Å². The van der Waals surface area contributed by atoms with Crippen molar-refractivity contribution in [1.82, 2.24) is 29.8 Å². The van der Waals surface area contributed by atoms with Crippen molar-refractivity contribution in [2.45, 2.75) is 107 Å². The van der Waals surface area contributed by atoms with Crippen LogP contribution in [0, 0.1) is 5.92 Å². The Labute approximate surface area is 361 Å². The number of sulfonamides is 1. The first-order valence-corrected chi connectivity index (χ1v) is 23.4. The molecular weight excluding hydrogens is 817 g/mol. The van der Waals surface area contributed by atoms with Crippen LogP contribution in [0.4, 0.5) is 4.79 Å². The predicted molar refractivity (Wildman–Crippen MR) is 233 cm³/mol. The van der Waals surface area contributed by atoms with Gasteiger partial charge in [-0.25, -0.2) is 23.2 Å². The number of carbonyl (C=O) groups excluding carboxylic acids is 3. The number of carbonyl (C=O) groups is 3. The Morgan fingerprint density at radius 3 is 2.48 bits per heavy atom. The van der Waals surface area contributed by atoms with E-state index in [1.54, 1.807) is 30.9 Å². The number of nitrogens with one attached hydrogen (secondary N) is 2. The zero-order valence-electron chi connectivity index (χ0n) is 35.3. The molecule has 0 unspecified atom stereocenters. The van der Waals surface area contributed by atoms with E-state index in [1.807, 2.05) is 66.1 Å². The molecule has 2 aromatic heterocycles. The standard InChI is InChI=1S/C45H54N6O8S2/c1-28(2)37-27-60-41(47-37)36-23-39(34-17-16-32(58-5)21-35(34)46-36)59-33-22-38-40(52)48-45(42(53)49-61(55,56)44(3)18-19-44)24-30(45)11-9-7-6-8-10-20-50(43(54)51(38)26-33)25-29-12-14-31(57-4)15-13-29/h9,11-17,21,23,27-28,30,33,38H,6-8,10,18-20,22,24-26H2,1-5H3,(H,48,52)(H,49,53)/b11-9-/t30-,33+,38-,45+/m0/s1. The summed E-state index contributed by atoms with van der Waals surface area (Å²) >= 11 is 1.50. The Bertz CT molecular complexity index is 2450. The molecule has 3 fully saturated rings. The third kappa shape index (κ3) is 8.79. The molecule has 2 aromatic carbocycles. The second kappa shape index (κ2) is 16.9. The lowest BCUT2D eigenvalue weighted by atomic mass is 10.1. The number of hydrogen-bond acceptors (Lipinski definition) is 11. The fourth-order valence-electron chi connectivity index (χ4n) is 8.15. The molecule has 8 rings (SSSR count). The summed E-state index contributed by atoms with van der Waals surface area (Å²) < 4.78 is 45.6. The molecule has 61 heavy (non-hydrogen) atoms. The predicted octanol–water partition coefficient (Wildman–Crippen LogP) is 6.95. The second-order valence-corrected chi connectivity index (χ2v) is 20.3. The number of hydrogen-bond donors (Lipinski definition) is 2. The van der Waals surface area contributed by atoms with Gasteiger partial charge in [-0.15, -0.1) is 11.3 Å². The Morgan fingerprint density at radius 1 is 1.02 bits per heavy atom. The molecule has 0 spiro atoms. The van der Waals surface area contributed by atoms with Gasteiger partial charge in [0.1, 0.15) is 45.6 Å². The molecule has 2 N–H and O–H groups in total. The highest BCUT2D eigenvalue weighted by Gasteiger charge is 2.63. The Morgan fingerprint density at radius 2 is 1.77 bits per heavy atom. The third-order valence-corrected chi connectivity index (χ3v) is 15.5. The summed E-state index contributed by atoms with van der Waals surface area (Å²) in [6, 6.07) is 13.6. The number of aromatic nitrogens is 2. The summed E-state index contributed by atoms with van der Waals surface area (Å²) in [5.74, 6) is 0.362. The highest BCUT2D eigenvalue weighted by molar-refractivity contribution is 7.91. The first kappa shape index (κ1) is 42.5. The van der Waals surface area contributed by atoms with Gasteiger partial charge in [-0.2, -0.15) is 0 Å². The number of ether oxygens (including phenoxy) is 3. The number of urea groups is 1. The van der Waals surface area contributed by atoms with Crippen molar-refractivity contribution in [3.05, 3.63) is 77.3 Å². The number of nitrogens with zero attached hydrogens (tertiary/aromatic N) is 4. The Kier molecular flexibility index (Phi) is 11.8. The van der Waals surface area contributed by atoms with Crippen molar-refractivity contribution in [3.63, 3.8) is 0 Å². The van der Waals surface area contributed by atoms with E-state index in [4.69, 9.17) is 24.2 Å². The Balaban J connectivity index is 1.14. The lowest BCUT2D eigenvalue weighted by Gasteiger charge is -2.32. The maximum Gasteiger partial charge on any atom is 0.321 e. The molecular formula is C45H54N6O8S2. The molecule has 324 valence electrons. The number of fused-ring (bicyclic) bond motifs is 3. The van der Waals surface area contributed by atoms with E-state index in [0.29, 0.717) is 54.4 Å². The zero-order chi connectivity index (χ0) is 43.1. The van der Waals surface area contributed by atoms with Crippen LogP contribution in [-0.4, -0.2) is 95.8 Å². The van der Waals surface area contributed by atoms with Crippen molar-refractivity contribution >= 4 is 50.1 Å².